The fraction of sp³-hybridized carbons (Fsp3) is 0.0556. The van der Waals surface area contributed by atoms with Crippen LogP contribution in [0.5, 0.6) is 0 Å². The van der Waals surface area contributed by atoms with Crippen LogP contribution in [0.4, 0.5) is 5.69 Å². The smallest absolute Gasteiger partial charge is 0.0975 e. The number of hydrogen-bond donors (Lipinski definition) is 0. The summed E-state index contributed by atoms with van der Waals surface area (Å²) in [5, 5.41) is 1.12. The summed E-state index contributed by atoms with van der Waals surface area (Å²) < 4.78 is 0. The van der Waals surface area contributed by atoms with Crippen LogP contribution in [0.15, 0.2) is 145 Å². The number of pyridine rings is 1. The van der Waals surface area contributed by atoms with Crippen molar-refractivity contribution in [3.63, 3.8) is 0 Å². The maximum atomic E-state index is 5.34. The Morgan fingerprint density at radius 3 is 1.79 bits per heavy atom. The van der Waals surface area contributed by atoms with Gasteiger partial charge in [0.25, 0.3) is 0 Å². The summed E-state index contributed by atoms with van der Waals surface area (Å²) in [5.74, 6) is 0.214. The fourth-order valence-corrected chi connectivity index (χ4v) is 5.58. The van der Waals surface area contributed by atoms with E-state index in [1.54, 1.807) is 0 Å². The van der Waals surface area contributed by atoms with Crippen molar-refractivity contribution in [3.8, 4) is 22.4 Å². The van der Waals surface area contributed by atoms with E-state index >= 15 is 0 Å². The third-order valence-electron chi connectivity index (χ3n) is 7.47. The van der Waals surface area contributed by atoms with E-state index in [1.165, 1.54) is 27.8 Å². The van der Waals surface area contributed by atoms with Crippen molar-refractivity contribution >= 4 is 22.3 Å². The molecule has 2 heterocycles. The number of aliphatic imine (C=N–C) groups is 1. The largest absolute Gasteiger partial charge is 0.250 e. The molecule has 0 saturated heterocycles. The van der Waals surface area contributed by atoms with Crippen LogP contribution >= 0.6 is 0 Å². The van der Waals surface area contributed by atoms with Crippen molar-refractivity contribution < 1.29 is 0 Å². The Balaban J connectivity index is 1.55. The van der Waals surface area contributed by atoms with Gasteiger partial charge in [-0.1, -0.05) is 133 Å². The minimum Gasteiger partial charge on any atom is -0.250 e. The second-order valence-corrected chi connectivity index (χ2v) is 9.78. The molecule has 1 unspecified atom stereocenters. The molecule has 2 heteroatoms. The maximum Gasteiger partial charge on any atom is 0.0975 e. The third-order valence-corrected chi connectivity index (χ3v) is 7.47. The highest BCUT2D eigenvalue weighted by Crippen LogP contribution is 2.45. The van der Waals surface area contributed by atoms with E-state index in [2.05, 4.69) is 133 Å². The average Bonchev–Trinajstić information content (AvgIpc) is 3.01. The van der Waals surface area contributed by atoms with Crippen LogP contribution in [-0.2, 0) is 0 Å². The first-order chi connectivity index (χ1) is 18.8. The van der Waals surface area contributed by atoms with Crippen molar-refractivity contribution in [1.82, 2.24) is 4.98 Å². The number of nitrogens with zero attached hydrogens (tertiary/aromatic N) is 2. The van der Waals surface area contributed by atoms with Gasteiger partial charge in [-0.05, 0) is 33.9 Å². The van der Waals surface area contributed by atoms with Gasteiger partial charge in [0.2, 0.25) is 0 Å². The lowest BCUT2D eigenvalue weighted by molar-refractivity contribution is 0.842. The van der Waals surface area contributed by atoms with Crippen molar-refractivity contribution in [1.29, 1.82) is 0 Å². The van der Waals surface area contributed by atoms with Gasteiger partial charge in [-0.25, -0.2) is 4.98 Å². The molecule has 5 aromatic carbocycles. The minimum absolute atomic E-state index is 0.214. The number of aromatic nitrogens is 1. The summed E-state index contributed by atoms with van der Waals surface area (Å²) in [7, 11) is 0. The zero-order valence-electron chi connectivity index (χ0n) is 21.0. The van der Waals surface area contributed by atoms with Gasteiger partial charge >= 0.3 is 0 Å². The van der Waals surface area contributed by atoms with Gasteiger partial charge in [-0.15, -0.1) is 0 Å². The molecule has 0 bridgehead atoms. The summed E-state index contributed by atoms with van der Waals surface area (Å²) in [6.07, 6.45) is 0.858. The molecule has 6 aromatic rings. The number of rotatable bonds is 4. The third kappa shape index (κ3) is 4.01. The molecule has 0 radical (unpaired) electrons. The minimum atomic E-state index is 0.214. The standard InChI is InChI=1S/C36H26N2/c1-5-13-25(14-6-1)31-23-33(27-17-9-3-10-18-27)37-35-29(31)21-22-30-32(26-15-7-2-8-16-26)24-34(38-36(30)35)28-19-11-4-12-20-28/h1-23,32H,24H2. The van der Waals surface area contributed by atoms with Crippen molar-refractivity contribution in [2.75, 3.05) is 0 Å². The molecule has 7 rings (SSSR count). The SMILES string of the molecule is c1ccc(C2=Nc3c(ccc4c(-c5ccccc5)cc(-c5ccccc5)nc34)C(c3ccccc3)C2)cc1. The van der Waals surface area contributed by atoms with Crippen LogP contribution in [-0.4, -0.2) is 10.7 Å². The zero-order valence-corrected chi connectivity index (χ0v) is 21.0. The quantitative estimate of drug-likeness (QED) is 0.244. The highest BCUT2D eigenvalue weighted by Gasteiger charge is 2.27. The van der Waals surface area contributed by atoms with E-state index in [-0.39, 0.29) is 5.92 Å². The zero-order chi connectivity index (χ0) is 25.3. The van der Waals surface area contributed by atoms with Crippen LogP contribution in [0.3, 0.4) is 0 Å². The number of benzene rings is 5. The predicted octanol–water partition coefficient (Wildman–Crippen LogP) is 9.23. The summed E-state index contributed by atoms with van der Waals surface area (Å²) in [5.41, 5.74) is 11.2. The summed E-state index contributed by atoms with van der Waals surface area (Å²) in [6.45, 7) is 0. The Kier molecular flexibility index (Phi) is 5.64. The van der Waals surface area contributed by atoms with Crippen LogP contribution in [0.2, 0.25) is 0 Å². The summed E-state index contributed by atoms with van der Waals surface area (Å²) >= 11 is 0. The molecule has 1 aliphatic heterocycles. The average molecular weight is 487 g/mol. The molecule has 0 saturated carbocycles. The summed E-state index contributed by atoms with van der Waals surface area (Å²) in [4.78, 5) is 10.6. The van der Waals surface area contributed by atoms with Crippen molar-refractivity contribution in [2.24, 2.45) is 4.99 Å². The lowest BCUT2D eigenvalue weighted by Crippen LogP contribution is -2.15. The van der Waals surface area contributed by atoms with Gasteiger partial charge in [-0.3, -0.25) is 4.99 Å². The van der Waals surface area contributed by atoms with E-state index in [0.717, 1.165) is 40.0 Å². The normalized spacial score (nSPS) is 14.6. The topological polar surface area (TPSA) is 25.2 Å². The second-order valence-electron chi connectivity index (χ2n) is 9.78. The molecule has 0 spiro atoms. The molecule has 2 nitrogen and oxygen atoms in total. The van der Waals surface area contributed by atoms with Crippen molar-refractivity contribution in [2.45, 2.75) is 12.3 Å². The van der Waals surface area contributed by atoms with E-state index < -0.39 is 0 Å². The highest BCUT2D eigenvalue weighted by atomic mass is 14.8. The first-order valence-electron chi connectivity index (χ1n) is 13.1. The number of hydrogen-bond acceptors (Lipinski definition) is 2. The lowest BCUT2D eigenvalue weighted by Gasteiger charge is -2.27. The fourth-order valence-electron chi connectivity index (χ4n) is 5.58. The van der Waals surface area contributed by atoms with Crippen LogP contribution in [0.25, 0.3) is 33.3 Å². The molecular formula is C36H26N2. The Morgan fingerprint density at radius 1 is 0.553 bits per heavy atom. The monoisotopic (exact) mass is 486 g/mol. The molecule has 0 aliphatic carbocycles. The molecule has 0 fully saturated rings. The molecule has 0 amide bonds. The first-order valence-corrected chi connectivity index (χ1v) is 13.1. The molecule has 180 valence electrons. The maximum absolute atomic E-state index is 5.34. The summed E-state index contributed by atoms with van der Waals surface area (Å²) in [6, 6.07) is 49.2. The van der Waals surface area contributed by atoms with Gasteiger partial charge < -0.3 is 0 Å². The Bertz CT molecular complexity index is 1760. The van der Waals surface area contributed by atoms with Crippen LogP contribution < -0.4 is 0 Å². The molecule has 1 aliphatic rings. The van der Waals surface area contributed by atoms with E-state index in [1.807, 2.05) is 6.07 Å². The molecule has 1 atom stereocenters. The Hall–Kier alpha value is -4.82. The predicted molar refractivity (Wildman–Crippen MR) is 158 cm³/mol. The molecule has 38 heavy (non-hydrogen) atoms. The van der Waals surface area contributed by atoms with E-state index in [0.29, 0.717) is 0 Å². The van der Waals surface area contributed by atoms with Gasteiger partial charge in [-0.2, -0.15) is 0 Å². The van der Waals surface area contributed by atoms with Gasteiger partial charge in [0.1, 0.15) is 0 Å². The Labute approximate surface area is 223 Å². The number of fused-ring (bicyclic) bond motifs is 3. The van der Waals surface area contributed by atoms with Crippen LogP contribution in [0, 0.1) is 0 Å². The van der Waals surface area contributed by atoms with Crippen molar-refractivity contribution in [3.05, 3.63) is 156 Å². The molecular weight excluding hydrogens is 460 g/mol. The van der Waals surface area contributed by atoms with Crippen LogP contribution in [0.1, 0.15) is 29.0 Å². The van der Waals surface area contributed by atoms with E-state index in [9.17, 15) is 0 Å². The first kappa shape index (κ1) is 22.4. The molecule has 1 aromatic heterocycles. The van der Waals surface area contributed by atoms with Gasteiger partial charge in [0.05, 0.1) is 16.9 Å². The van der Waals surface area contributed by atoms with Gasteiger partial charge in [0.15, 0.2) is 0 Å². The second kappa shape index (κ2) is 9.57. The highest BCUT2D eigenvalue weighted by molar-refractivity contribution is 6.09. The van der Waals surface area contributed by atoms with Gasteiger partial charge in [0, 0.05) is 29.0 Å². The molecule has 0 N–H and O–H groups in total. The van der Waals surface area contributed by atoms with E-state index in [4.69, 9.17) is 9.98 Å². The lowest BCUT2D eigenvalue weighted by atomic mass is 9.81. The Morgan fingerprint density at radius 2 is 1.13 bits per heavy atom.